The first-order valence-electron chi connectivity index (χ1n) is 31.1. The quantitative estimate of drug-likeness (QED) is 0.160. The van der Waals surface area contributed by atoms with E-state index in [0.717, 1.165) is 50.5 Å². The lowest BCUT2D eigenvalue weighted by Gasteiger charge is -2.47. The summed E-state index contributed by atoms with van der Waals surface area (Å²) in [5.41, 5.74) is 28.3. The first kappa shape index (κ1) is 53.1. The molecule has 0 bridgehead atoms. The van der Waals surface area contributed by atoms with Gasteiger partial charge in [-0.05, 0) is 173 Å². The van der Waals surface area contributed by atoms with E-state index in [1.807, 2.05) is 11.3 Å². The lowest BCUT2D eigenvalue weighted by Crippen LogP contribution is -2.62. The van der Waals surface area contributed by atoms with Crippen LogP contribution < -0.4 is 20.6 Å². The summed E-state index contributed by atoms with van der Waals surface area (Å²) in [6, 6.07) is 76.9. The molecule has 422 valence electrons. The molecular weight excluding hydrogens is 1060 g/mol. The molecule has 0 spiro atoms. The van der Waals surface area contributed by atoms with Gasteiger partial charge in [0, 0.05) is 76.0 Å². The van der Waals surface area contributed by atoms with Crippen LogP contribution in [0.1, 0.15) is 129 Å². The van der Waals surface area contributed by atoms with E-state index in [2.05, 4.69) is 293 Å². The summed E-state index contributed by atoms with van der Waals surface area (Å²) in [7, 11) is 0. The van der Waals surface area contributed by atoms with Crippen molar-refractivity contribution in [3.05, 3.63) is 234 Å². The molecule has 0 saturated carbocycles. The van der Waals surface area contributed by atoms with E-state index in [-0.39, 0.29) is 33.9 Å². The third-order valence-electron chi connectivity index (χ3n) is 20.4. The van der Waals surface area contributed by atoms with Crippen LogP contribution in [-0.2, 0) is 27.1 Å². The van der Waals surface area contributed by atoms with Crippen molar-refractivity contribution in [2.24, 2.45) is 0 Å². The zero-order valence-electron chi connectivity index (χ0n) is 51.8. The van der Waals surface area contributed by atoms with Crippen LogP contribution in [-0.4, -0.2) is 6.85 Å². The minimum Gasteiger partial charge on any atom is -0.455 e. The van der Waals surface area contributed by atoms with Crippen molar-refractivity contribution in [3.8, 4) is 55.8 Å². The van der Waals surface area contributed by atoms with Crippen molar-refractivity contribution < 1.29 is 4.42 Å². The fraction of sp³-hybridized carbons (Fsp3) is 0.235. The molecule has 4 heterocycles. The van der Waals surface area contributed by atoms with Crippen LogP contribution in [0, 0.1) is 0 Å². The molecule has 2 aromatic heterocycles. The monoisotopic (exact) mass is 1130 g/mol. The fourth-order valence-corrected chi connectivity index (χ4v) is 16.8. The van der Waals surface area contributed by atoms with Crippen LogP contribution in [0.4, 0.5) is 28.4 Å². The Labute approximate surface area is 512 Å². The van der Waals surface area contributed by atoms with Crippen molar-refractivity contribution in [2.75, 3.05) is 9.71 Å². The second kappa shape index (κ2) is 18.3. The summed E-state index contributed by atoms with van der Waals surface area (Å²) in [6.45, 7) is 28.5. The van der Waals surface area contributed by atoms with Crippen LogP contribution in [0.25, 0.3) is 87.0 Å². The number of thiophene rings is 1. The molecule has 0 atom stereocenters. The number of anilines is 5. The number of nitrogens with zero attached hydrogens (tertiary/aromatic N) is 2. The highest BCUT2D eigenvalue weighted by molar-refractivity contribution is 7.26. The number of hydrogen-bond acceptors (Lipinski definition) is 4. The largest absolute Gasteiger partial charge is 0.455 e. The van der Waals surface area contributed by atoms with Gasteiger partial charge in [-0.1, -0.05) is 217 Å². The molecule has 3 nitrogen and oxygen atoms in total. The molecule has 86 heavy (non-hydrogen) atoms. The standard InChI is InChI=1S/C81H73BN2OS/c1-77(2,3)51-32-35-53(36-33-51)84-66-47-71-56(57-42-62-63(45-70(57)86-71)80(9,10)39-38-79(62,7)8)41-59(66)73-74-58(54-30-22-23-31-61(54)81(74,11)12)43-68-75(73)82(84)64-46-69-60(72(49-26-18-14-19-27-49)76(85-69)50-28-20-15-21-29-50)44-67(64)83(68)65-37-34-52(78(4,5)6)40-55(65)48-24-16-13-17-25-48/h13-37,40-47H,38-39H2,1-12H3. The van der Waals surface area contributed by atoms with Crippen molar-refractivity contribution in [1.82, 2.24) is 0 Å². The lowest BCUT2D eigenvalue weighted by atomic mass is 9.42. The molecule has 0 saturated heterocycles. The minimum atomic E-state index is -0.330. The third-order valence-corrected chi connectivity index (χ3v) is 21.5. The average Bonchev–Trinajstić information content (AvgIpc) is 1.25. The fourth-order valence-electron chi connectivity index (χ4n) is 15.6. The molecule has 0 fully saturated rings. The van der Waals surface area contributed by atoms with Crippen LogP contribution in [0.5, 0.6) is 0 Å². The van der Waals surface area contributed by atoms with Gasteiger partial charge in [-0.25, -0.2) is 0 Å². The van der Waals surface area contributed by atoms with Gasteiger partial charge >= 0.3 is 6.85 Å². The second-order valence-electron chi connectivity index (χ2n) is 29.1. The Morgan fingerprint density at radius 3 is 1.71 bits per heavy atom. The van der Waals surface area contributed by atoms with Gasteiger partial charge in [-0.3, -0.25) is 0 Å². The molecule has 0 N–H and O–H groups in total. The highest BCUT2D eigenvalue weighted by Gasteiger charge is 2.51. The van der Waals surface area contributed by atoms with Gasteiger partial charge in [0.25, 0.3) is 0 Å². The highest BCUT2D eigenvalue weighted by Crippen LogP contribution is 2.60. The minimum absolute atomic E-state index is 0.0282. The Morgan fingerprint density at radius 2 is 1.03 bits per heavy atom. The van der Waals surface area contributed by atoms with Crippen molar-refractivity contribution >= 4 is 88.7 Å². The van der Waals surface area contributed by atoms with E-state index >= 15 is 0 Å². The zero-order chi connectivity index (χ0) is 59.1. The Hall–Kier alpha value is -8.38. The van der Waals surface area contributed by atoms with Crippen LogP contribution in [0.2, 0.25) is 0 Å². The van der Waals surface area contributed by atoms with Crippen molar-refractivity contribution in [3.63, 3.8) is 0 Å². The van der Waals surface area contributed by atoms with E-state index in [0.29, 0.717) is 0 Å². The summed E-state index contributed by atoms with van der Waals surface area (Å²) in [4.78, 5) is 5.41. The van der Waals surface area contributed by atoms with Crippen molar-refractivity contribution in [2.45, 2.75) is 123 Å². The molecule has 5 heteroatoms. The summed E-state index contributed by atoms with van der Waals surface area (Å²) in [5, 5.41) is 3.79. The highest BCUT2D eigenvalue weighted by atomic mass is 32.1. The number of hydrogen-bond donors (Lipinski definition) is 0. The van der Waals surface area contributed by atoms with Gasteiger partial charge in [0.1, 0.15) is 11.3 Å². The Bertz CT molecular complexity index is 4800. The Kier molecular flexibility index (Phi) is 11.3. The van der Waals surface area contributed by atoms with Crippen molar-refractivity contribution in [1.29, 1.82) is 0 Å². The topological polar surface area (TPSA) is 19.6 Å². The maximum atomic E-state index is 7.46. The van der Waals surface area contributed by atoms with Gasteiger partial charge in [0.05, 0.1) is 5.69 Å². The molecule has 12 aromatic rings. The van der Waals surface area contributed by atoms with Crippen LogP contribution in [0.3, 0.4) is 0 Å². The zero-order valence-corrected chi connectivity index (χ0v) is 52.6. The molecule has 10 aromatic carbocycles. The molecule has 2 aliphatic carbocycles. The van der Waals surface area contributed by atoms with Crippen LogP contribution in [0.15, 0.2) is 205 Å². The predicted octanol–water partition coefficient (Wildman–Crippen LogP) is 21.8. The Balaban J connectivity index is 1.10. The summed E-state index contributed by atoms with van der Waals surface area (Å²) >= 11 is 1.97. The van der Waals surface area contributed by atoms with Gasteiger partial charge in [-0.2, -0.15) is 0 Å². The maximum Gasteiger partial charge on any atom is 0.333 e. The van der Waals surface area contributed by atoms with Gasteiger partial charge in [-0.15, -0.1) is 11.3 Å². The molecule has 0 amide bonds. The molecule has 16 rings (SSSR count). The number of rotatable bonds is 5. The van der Waals surface area contributed by atoms with Gasteiger partial charge in [0.2, 0.25) is 0 Å². The van der Waals surface area contributed by atoms with Gasteiger partial charge < -0.3 is 14.1 Å². The van der Waals surface area contributed by atoms with E-state index in [1.54, 1.807) is 0 Å². The first-order chi connectivity index (χ1) is 41.2. The summed E-state index contributed by atoms with van der Waals surface area (Å²) < 4.78 is 10.1. The SMILES string of the molecule is CC(C)(C)c1ccc(N2B3c4cc5oc(-c6ccccc6)c(-c6ccccc6)c5cc4N(c4ccc(C(C)(C)C)cc4-c4ccccc4)c4cc5c(c(c43)-c3cc4c(cc32)sc2cc3c(cc24)C(C)(C)CCC3(C)C)C(C)(C)c2ccccc2-5)cc1. The predicted molar refractivity (Wildman–Crippen MR) is 369 cm³/mol. The van der Waals surface area contributed by atoms with E-state index in [4.69, 9.17) is 4.42 Å². The smallest absolute Gasteiger partial charge is 0.333 e. The molecule has 0 radical (unpaired) electrons. The van der Waals surface area contributed by atoms with E-state index < -0.39 is 0 Å². The normalized spacial score (nSPS) is 16.0. The molecule has 4 aliphatic rings. The lowest BCUT2D eigenvalue weighted by molar-refractivity contribution is 0.332. The average molecular weight is 1130 g/mol. The number of fused-ring (bicyclic) bond motifs is 13. The summed E-state index contributed by atoms with van der Waals surface area (Å²) in [5.74, 6) is 0.875. The molecular formula is C81H73BN2OS. The number of furan rings is 1. The summed E-state index contributed by atoms with van der Waals surface area (Å²) in [6.07, 6.45) is 2.36. The Morgan fingerprint density at radius 1 is 0.442 bits per heavy atom. The number of benzene rings is 10. The first-order valence-corrected chi connectivity index (χ1v) is 32.0. The van der Waals surface area contributed by atoms with Crippen LogP contribution >= 0.6 is 11.3 Å². The molecule has 2 aliphatic heterocycles. The van der Waals surface area contributed by atoms with E-state index in [1.165, 1.54) is 122 Å². The van der Waals surface area contributed by atoms with E-state index in [9.17, 15) is 0 Å². The van der Waals surface area contributed by atoms with Gasteiger partial charge in [0.15, 0.2) is 0 Å². The maximum absolute atomic E-state index is 7.46. The second-order valence-corrected chi connectivity index (χ2v) is 30.2. The molecule has 0 unspecified atom stereocenters. The third kappa shape index (κ3) is 7.78.